The second kappa shape index (κ2) is 7.88. The van der Waals surface area contributed by atoms with Crippen molar-refractivity contribution in [3.63, 3.8) is 0 Å². The van der Waals surface area contributed by atoms with Gasteiger partial charge >= 0.3 is 5.97 Å². The van der Waals surface area contributed by atoms with Crippen LogP contribution in [0.15, 0.2) is 68.6 Å². The van der Waals surface area contributed by atoms with E-state index in [1.54, 1.807) is 30.3 Å². The van der Waals surface area contributed by atoms with Crippen molar-refractivity contribution >= 4 is 34.0 Å². The average molecular weight is 429 g/mol. The third kappa shape index (κ3) is 4.42. The monoisotopic (exact) mass is 428 g/mol. The normalized spacial score (nSPS) is 10.9. The van der Waals surface area contributed by atoms with Crippen molar-refractivity contribution in [1.82, 2.24) is 5.43 Å². The van der Waals surface area contributed by atoms with Crippen LogP contribution in [0, 0.1) is 0 Å². The molecule has 0 saturated heterocycles. The number of phenolic OH excluding ortho intramolecular Hbond substituents is 1. The highest BCUT2D eigenvalue weighted by Crippen LogP contribution is 2.23. The minimum atomic E-state index is -0.999. The standard InChI is InChI=1S/C19H13BrN2O5/c20-13-5-7-16(23)15(9-13)18(24)22-21-10-14-6-8-17(27-14)11-1-3-12(4-2-11)19(25)26/h1-10,23H,(H,22,24)(H,25,26)/b21-10+. The molecule has 7 nitrogen and oxygen atoms in total. The van der Waals surface area contributed by atoms with Gasteiger partial charge in [-0.2, -0.15) is 5.10 Å². The number of phenols is 1. The number of amides is 1. The summed E-state index contributed by atoms with van der Waals surface area (Å²) in [7, 11) is 0. The molecule has 136 valence electrons. The average Bonchev–Trinajstić information content (AvgIpc) is 3.12. The first kappa shape index (κ1) is 18.4. The van der Waals surface area contributed by atoms with E-state index in [4.69, 9.17) is 9.52 Å². The number of hydrazone groups is 1. The molecule has 0 fully saturated rings. The number of carbonyl (C=O) groups excluding carboxylic acids is 1. The van der Waals surface area contributed by atoms with Crippen LogP contribution in [0.2, 0.25) is 0 Å². The van der Waals surface area contributed by atoms with E-state index in [0.717, 1.165) is 0 Å². The molecule has 0 aliphatic rings. The number of hydrogen-bond donors (Lipinski definition) is 3. The third-order valence-electron chi connectivity index (χ3n) is 3.60. The fourth-order valence-electron chi connectivity index (χ4n) is 2.26. The van der Waals surface area contributed by atoms with Crippen LogP contribution < -0.4 is 5.43 Å². The van der Waals surface area contributed by atoms with E-state index in [-0.39, 0.29) is 16.9 Å². The molecule has 0 aliphatic heterocycles. The summed E-state index contributed by atoms with van der Waals surface area (Å²) in [5.41, 5.74) is 3.29. The van der Waals surface area contributed by atoms with E-state index in [9.17, 15) is 14.7 Å². The molecular formula is C19H13BrN2O5. The number of benzene rings is 2. The molecule has 3 N–H and O–H groups in total. The van der Waals surface area contributed by atoms with Crippen molar-refractivity contribution in [3.8, 4) is 17.1 Å². The number of hydrogen-bond acceptors (Lipinski definition) is 5. The van der Waals surface area contributed by atoms with Gasteiger partial charge in [-0.15, -0.1) is 0 Å². The first-order valence-electron chi connectivity index (χ1n) is 7.69. The number of rotatable bonds is 5. The van der Waals surface area contributed by atoms with E-state index in [2.05, 4.69) is 26.5 Å². The molecule has 0 unspecified atom stereocenters. The van der Waals surface area contributed by atoms with Gasteiger partial charge in [-0.3, -0.25) is 4.79 Å². The highest BCUT2D eigenvalue weighted by atomic mass is 79.9. The van der Waals surface area contributed by atoms with Gasteiger partial charge in [-0.05, 0) is 42.5 Å². The lowest BCUT2D eigenvalue weighted by Gasteiger charge is -2.03. The van der Waals surface area contributed by atoms with Gasteiger partial charge in [-0.1, -0.05) is 28.1 Å². The Morgan fingerprint density at radius 3 is 2.52 bits per heavy atom. The topological polar surface area (TPSA) is 112 Å². The summed E-state index contributed by atoms with van der Waals surface area (Å²) in [6.07, 6.45) is 1.32. The zero-order valence-electron chi connectivity index (χ0n) is 13.7. The van der Waals surface area contributed by atoms with Crippen LogP contribution in [0.5, 0.6) is 5.75 Å². The maximum atomic E-state index is 12.0. The molecule has 1 aromatic heterocycles. The lowest BCUT2D eigenvalue weighted by molar-refractivity contribution is 0.0696. The minimum Gasteiger partial charge on any atom is -0.507 e. The zero-order chi connectivity index (χ0) is 19.4. The Morgan fingerprint density at radius 2 is 1.81 bits per heavy atom. The van der Waals surface area contributed by atoms with Gasteiger partial charge in [0.2, 0.25) is 0 Å². The number of halogens is 1. The second-order valence-electron chi connectivity index (χ2n) is 5.45. The Hall–Kier alpha value is -3.39. The van der Waals surface area contributed by atoms with Crippen LogP contribution in [-0.4, -0.2) is 28.3 Å². The van der Waals surface area contributed by atoms with E-state index in [1.807, 2.05) is 0 Å². The largest absolute Gasteiger partial charge is 0.507 e. The summed E-state index contributed by atoms with van der Waals surface area (Å²) < 4.78 is 6.25. The molecule has 0 aliphatic carbocycles. The van der Waals surface area contributed by atoms with Crippen LogP contribution in [0.25, 0.3) is 11.3 Å². The summed E-state index contributed by atoms with van der Waals surface area (Å²) >= 11 is 3.23. The van der Waals surface area contributed by atoms with E-state index in [0.29, 0.717) is 21.6 Å². The predicted molar refractivity (Wildman–Crippen MR) is 102 cm³/mol. The van der Waals surface area contributed by atoms with Gasteiger partial charge < -0.3 is 14.6 Å². The van der Waals surface area contributed by atoms with Gasteiger partial charge in [-0.25, -0.2) is 10.2 Å². The molecule has 27 heavy (non-hydrogen) atoms. The number of nitrogens with one attached hydrogen (secondary N) is 1. The smallest absolute Gasteiger partial charge is 0.335 e. The summed E-state index contributed by atoms with van der Waals surface area (Å²) in [4.78, 5) is 22.9. The Labute approximate surface area is 162 Å². The second-order valence-corrected chi connectivity index (χ2v) is 6.36. The Morgan fingerprint density at radius 1 is 1.07 bits per heavy atom. The molecule has 0 bridgehead atoms. The number of carboxylic acids is 1. The number of nitrogens with zero attached hydrogens (tertiary/aromatic N) is 1. The van der Waals surface area contributed by atoms with Gasteiger partial charge in [0, 0.05) is 10.0 Å². The van der Waals surface area contributed by atoms with Gasteiger partial charge in [0.05, 0.1) is 17.3 Å². The Kier molecular flexibility index (Phi) is 5.37. The molecule has 2 aromatic carbocycles. The highest BCUT2D eigenvalue weighted by molar-refractivity contribution is 9.10. The molecule has 8 heteroatoms. The fraction of sp³-hybridized carbons (Fsp3) is 0. The highest BCUT2D eigenvalue weighted by Gasteiger charge is 2.11. The molecular weight excluding hydrogens is 416 g/mol. The number of furan rings is 1. The Balaban J connectivity index is 1.67. The predicted octanol–water partition coefficient (Wildman–Crippen LogP) is 3.88. The van der Waals surface area contributed by atoms with Crippen LogP contribution in [0.4, 0.5) is 0 Å². The molecule has 0 radical (unpaired) electrons. The molecule has 1 amide bonds. The fourth-order valence-corrected chi connectivity index (χ4v) is 2.62. The number of carbonyl (C=O) groups is 2. The molecule has 1 heterocycles. The van der Waals surface area contributed by atoms with Crippen LogP contribution in [0.1, 0.15) is 26.5 Å². The van der Waals surface area contributed by atoms with Gasteiger partial charge in [0.15, 0.2) is 0 Å². The van der Waals surface area contributed by atoms with Crippen LogP contribution >= 0.6 is 15.9 Å². The zero-order valence-corrected chi connectivity index (χ0v) is 15.3. The molecule has 3 aromatic rings. The quantitative estimate of drug-likeness (QED) is 0.421. The van der Waals surface area contributed by atoms with Crippen LogP contribution in [0.3, 0.4) is 0 Å². The minimum absolute atomic E-state index is 0.0835. The van der Waals surface area contributed by atoms with Crippen molar-refractivity contribution in [2.75, 3.05) is 0 Å². The van der Waals surface area contributed by atoms with E-state index >= 15 is 0 Å². The molecule has 3 rings (SSSR count). The summed E-state index contributed by atoms with van der Waals surface area (Å²) in [6.45, 7) is 0. The van der Waals surface area contributed by atoms with Crippen LogP contribution in [-0.2, 0) is 0 Å². The van der Waals surface area contributed by atoms with Crippen molar-refractivity contribution in [2.45, 2.75) is 0 Å². The summed E-state index contributed by atoms with van der Waals surface area (Å²) in [5, 5.41) is 22.4. The summed E-state index contributed by atoms with van der Waals surface area (Å²) in [6, 6.07) is 14.1. The lowest BCUT2D eigenvalue weighted by Crippen LogP contribution is -2.17. The molecule has 0 saturated carbocycles. The SMILES string of the molecule is O=C(O)c1ccc(-c2ccc(/C=N/NC(=O)c3cc(Br)ccc3O)o2)cc1. The molecule has 0 atom stereocenters. The first-order chi connectivity index (χ1) is 12.9. The van der Waals surface area contributed by atoms with Crippen molar-refractivity contribution < 1.29 is 24.2 Å². The van der Waals surface area contributed by atoms with Gasteiger partial charge in [0.25, 0.3) is 5.91 Å². The van der Waals surface area contributed by atoms with Crippen molar-refractivity contribution in [2.24, 2.45) is 5.10 Å². The van der Waals surface area contributed by atoms with Crippen molar-refractivity contribution in [1.29, 1.82) is 0 Å². The van der Waals surface area contributed by atoms with E-state index < -0.39 is 11.9 Å². The molecule has 0 spiro atoms. The Bertz CT molecular complexity index is 1020. The summed E-state index contributed by atoms with van der Waals surface area (Å²) in [5.74, 6) is -0.798. The number of aromatic carboxylic acids is 1. The number of carboxylic acid groups (broad SMARTS) is 1. The maximum Gasteiger partial charge on any atom is 0.335 e. The van der Waals surface area contributed by atoms with Gasteiger partial charge in [0.1, 0.15) is 17.3 Å². The van der Waals surface area contributed by atoms with E-state index in [1.165, 1.54) is 30.5 Å². The third-order valence-corrected chi connectivity index (χ3v) is 4.10. The maximum absolute atomic E-state index is 12.0. The van der Waals surface area contributed by atoms with Crippen molar-refractivity contribution in [3.05, 3.63) is 76.0 Å². The lowest BCUT2D eigenvalue weighted by atomic mass is 10.1. The first-order valence-corrected chi connectivity index (χ1v) is 8.49. The number of aromatic hydroxyl groups is 1.